The molecule has 0 aliphatic carbocycles. The smallest absolute Gasteiger partial charge is 0.223 e. The lowest BCUT2D eigenvalue weighted by molar-refractivity contribution is -0.127. The highest BCUT2D eigenvalue weighted by atomic mass is 16.5. The van der Waals surface area contributed by atoms with Gasteiger partial charge in [0.15, 0.2) is 0 Å². The lowest BCUT2D eigenvalue weighted by Crippen LogP contribution is -2.36. The van der Waals surface area contributed by atoms with Gasteiger partial charge in [-0.2, -0.15) is 0 Å². The Bertz CT molecular complexity index is 136. The zero-order valence-electron chi connectivity index (χ0n) is 6.93. The third kappa shape index (κ3) is 2.50. The first-order valence-corrected chi connectivity index (χ1v) is 4.11. The molecule has 1 fully saturated rings. The summed E-state index contributed by atoms with van der Waals surface area (Å²) < 4.78 is 4.91. The fourth-order valence-corrected chi connectivity index (χ4v) is 1.37. The van der Waals surface area contributed by atoms with Crippen LogP contribution in [0.25, 0.3) is 0 Å². The highest BCUT2D eigenvalue weighted by Gasteiger charge is 2.20. The molecule has 1 aliphatic heterocycles. The quantitative estimate of drug-likeness (QED) is 0.649. The van der Waals surface area contributed by atoms with E-state index in [1.165, 1.54) is 0 Å². The molecule has 3 nitrogen and oxygen atoms in total. The Labute approximate surface area is 67.1 Å². The first-order chi connectivity index (χ1) is 5.34. The van der Waals surface area contributed by atoms with Gasteiger partial charge in [-0.15, -0.1) is 0 Å². The van der Waals surface area contributed by atoms with Crippen LogP contribution in [0.5, 0.6) is 0 Å². The summed E-state index contributed by atoms with van der Waals surface area (Å²) in [5, 5.41) is 2.85. The van der Waals surface area contributed by atoms with Crippen molar-refractivity contribution in [1.82, 2.24) is 5.32 Å². The predicted octanol–water partition coefficient (Wildman–Crippen LogP) is 0.549. The molecule has 1 heterocycles. The van der Waals surface area contributed by atoms with E-state index in [1.54, 1.807) is 7.11 Å². The van der Waals surface area contributed by atoms with E-state index >= 15 is 0 Å². The maximum atomic E-state index is 11.1. The first-order valence-electron chi connectivity index (χ1n) is 4.11. The van der Waals surface area contributed by atoms with Gasteiger partial charge in [0.25, 0.3) is 0 Å². The number of hydrogen-bond donors (Lipinski definition) is 1. The van der Waals surface area contributed by atoms with Gasteiger partial charge in [0, 0.05) is 26.2 Å². The Balaban J connectivity index is 2.24. The standard InChI is InChI=1S/C8H15NO2/c1-11-6-4-7-3-2-5-9-8(7)10/h7H,2-6H2,1H3,(H,9,10). The lowest BCUT2D eigenvalue weighted by atomic mass is 9.96. The number of methoxy groups -OCH3 is 1. The molecule has 0 aromatic carbocycles. The van der Waals surface area contributed by atoms with E-state index in [-0.39, 0.29) is 11.8 Å². The first kappa shape index (κ1) is 8.53. The Morgan fingerprint density at radius 3 is 3.18 bits per heavy atom. The van der Waals surface area contributed by atoms with Gasteiger partial charge in [-0.3, -0.25) is 4.79 Å². The molecule has 64 valence electrons. The minimum atomic E-state index is 0.198. The minimum absolute atomic E-state index is 0.198. The monoisotopic (exact) mass is 157 g/mol. The molecule has 0 aromatic rings. The lowest BCUT2D eigenvalue weighted by Gasteiger charge is -2.20. The molecule has 1 atom stereocenters. The summed E-state index contributed by atoms with van der Waals surface area (Å²) in [4.78, 5) is 11.1. The SMILES string of the molecule is COCCC1CCCNC1=O. The van der Waals surface area contributed by atoms with Crippen molar-refractivity contribution in [3.05, 3.63) is 0 Å². The number of piperidine rings is 1. The summed E-state index contributed by atoms with van der Waals surface area (Å²) in [6.45, 7) is 1.54. The zero-order valence-corrected chi connectivity index (χ0v) is 6.93. The number of ether oxygens (including phenoxy) is 1. The molecule has 0 saturated carbocycles. The van der Waals surface area contributed by atoms with Gasteiger partial charge < -0.3 is 10.1 Å². The second-order valence-electron chi connectivity index (χ2n) is 2.91. The zero-order chi connectivity index (χ0) is 8.10. The number of nitrogens with one attached hydrogen (secondary N) is 1. The van der Waals surface area contributed by atoms with E-state index in [9.17, 15) is 4.79 Å². The topological polar surface area (TPSA) is 38.3 Å². The molecule has 0 bridgehead atoms. The van der Waals surface area contributed by atoms with Gasteiger partial charge in [-0.1, -0.05) is 0 Å². The van der Waals surface area contributed by atoms with Crippen molar-refractivity contribution in [2.45, 2.75) is 19.3 Å². The van der Waals surface area contributed by atoms with E-state index < -0.39 is 0 Å². The molecule has 1 saturated heterocycles. The fourth-order valence-electron chi connectivity index (χ4n) is 1.37. The van der Waals surface area contributed by atoms with Crippen molar-refractivity contribution in [3.8, 4) is 0 Å². The molecular formula is C8H15NO2. The Hall–Kier alpha value is -0.570. The van der Waals surface area contributed by atoms with E-state index in [0.717, 1.165) is 25.8 Å². The minimum Gasteiger partial charge on any atom is -0.385 e. The molecule has 0 spiro atoms. The summed E-state index contributed by atoms with van der Waals surface area (Å²) in [6.07, 6.45) is 3.00. The summed E-state index contributed by atoms with van der Waals surface area (Å²) in [5.74, 6) is 0.400. The fraction of sp³-hybridized carbons (Fsp3) is 0.875. The number of hydrogen-bond acceptors (Lipinski definition) is 2. The number of carbonyl (C=O) groups excluding carboxylic acids is 1. The highest BCUT2D eigenvalue weighted by molar-refractivity contribution is 5.79. The van der Waals surface area contributed by atoms with Crippen LogP contribution in [0.1, 0.15) is 19.3 Å². The van der Waals surface area contributed by atoms with Crippen molar-refractivity contribution >= 4 is 5.91 Å². The Kier molecular flexibility index (Phi) is 3.36. The largest absolute Gasteiger partial charge is 0.385 e. The van der Waals surface area contributed by atoms with Crippen LogP contribution in [0.3, 0.4) is 0 Å². The van der Waals surface area contributed by atoms with Crippen LogP contribution in [-0.2, 0) is 9.53 Å². The average molecular weight is 157 g/mol. The summed E-state index contributed by atoms with van der Waals surface area (Å²) in [7, 11) is 1.67. The van der Waals surface area contributed by atoms with Crippen LogP contribution >= 0.6 is 0 Å². The number of carbonyl (C=O) groups is 1. The van der Waals surface area contributed by atoms with Gasteiger partial charge in [0.05, 0.1) is 0 Å². The second-order valence-corrected chi connectivity index (χ2v) is 2.91. The molecule has 1 N–H and O–H groups in total. The summed E-state index contributed by atoms with van der Waals surface area (Å²) in [6, 6.07) is 0. The highest BCUT2D eigenvalue weighted by Crippen LogP contribution is 2.14. The Morgan fingerprint density at radius 1 is 1.73 bits per heavy atom. The molecule has 0 aromatic heterocycles. The summed E-state index contributed by atoms with van der Waals surface area (Å²) in [5.41, 5.74) is 0. The van der Waals surface area contributed by atoms with Crippen LogP contribution in [0.15, 0.2) is 0 Å². The van der Waals surface area contributed by atoms with Crippen LogP contribution < -0.4 is 5.32 Å². The number of rotatable bonds is 3. The molecule has 1 amide bonds. The normalized spacial score (nSPS) is 24.8. The van der Waals surface area contributed by atoms with Crippen LogP contribution in [0, 0.1) is 5.92 Å². The third-order valence-corrected chi connectivity index (χ3v) is 2.07. The third-order valence-electron chi connectivity index (χ3n) is 2.07. The molecule has 1 aliphatic rings. The average Bonchev–Trinajstić information content (AvgIpc) is 2.03. The van der Waals surface area contributed by atoms with Crippen molar-refractivity contribution in [2.24, 2.45) is 5.92 Å². The van der Waals surface area contributed by atoms with Gasteiger partial charge in [-0.05, 0) is 19.3 Å². The van der Waals surface area contributed by atoms with Gasteiger partial charge >= 0.3 is 0 Å². The maximum Gasteiger partial charge on any atom is 0.223 e. The van der Waals surface area contributed by atoms with Crippen molar-refractivity contribution in [2.75, 3.05) is 20.3 Å². The molecule has 1 rings (SSSR count). The van der Waals surface area contributed by atoms with Crippen LogP contribution in [0.2, 0.25) is 0 Å². The molecular weight excluding hydrogens is 142 g/mol. The van der Waals surface area contributed by atoms with E-state index in [1.807, 2.05) is 0 Å². The predicted molar refractivity (Wildman–Crippen MR) is 42.2 cm³/mol. The van der Waals surface area contributed by atoms with Crippen LogP contribution in [0.4, 0.5) is 0 Å². The van der Waals surface area contributed by atoms with E-state index in [2.05, 4.69) is 5.32 Å². The van der Waals surface area contributed by atoms with Crippen molar-refractivity contribution in [3.63, 3.8) is 0 Å². The molecule has 3 heteroatoms. The Morgan fingerprint density at radius 2 is 2.55 bits per heavy atom. The second kappa shape index (κ2) is 4.34. The van der Waals surface area contributed by atoms with Crippen molar-refractivity contribution in [1.29, 1.82) is 0 Å². The molecule has 11 heavy (non-hydrogen) atoms. The van der Waals surface area contributed by atoms with Crippen molar-refractivity contribution < 1.29 is 9.53 Å². The van der Waals surface area contributed by atoms with E-state index in [0.29, 0.717) is 6.61 Å². The maximum absolute atomic E-state index is 11.1. The van der Waals surface area contributed by atoms with Gasteiger partial charge in [0.2, 0.25) is 5.91 Å². The number of amides is 1. The summed E-state index contributed by atoms with van der Waals surface area (Å²) >= 11 is 0. The van der Waals surface area contributed by atoms with E-state index in [4.69, 9.17) is 4.74 Å². The van der Waals surface area contributed by atoms with Gasteiger partial charge in [0.1, 0.15) is 0 Å². The van der Waals surface area contributed by atoms with Gasteiger partial charge in [-0.25, -0.2) is 0 Å². The van der Waals surface area contributed by atoms with Crippen LogP contribution in [-0.4, -0.2) is 26.2 Å². The molecule has 1 unspecified atom stereocenters. The molecule has 0 radical (unpaired) electrons.